The van der Waals surface area contributed by atoms with Gasteiger partial charge in [-0.05, 0) is 79.8 Å². The highest BCUT2D eigenvalue weighted by atomic mass is 16.3. The van der Waals surface area contributed by atoms with E-state index in [1.807, 2.05) is 6.08 Å². The van der Waals surface area contributed by atoms with Crippen LogP contribution in [0.1, 0.15) is 59.3 Å². The zero-order chi connectivity index (χ0) is 19.6. The highest BCUT2D eigenvalue weighted by Gasteiger charge is 2.37. The summed E-state index contributed by atoms with van der Waals surface area (Å²) in [5.41, 5.74) is 3.55. The summed E-state index contributed by atoms with van der Waals surface area (Å²) in [6.45, 7) is 10.4. The number of aliphatic hydroxyl groups is 1. The van der Waals surface area contributed by atoms with Crippen molar-refractivity contribution in [1.82, 2.24) is 0 Å². The Labute approximate surface area is 164 Å². The monoisotopic (exact) mass is 366 g/mol. The van der Waals surface area contributed by atoms with Gasteiger partial charge in [0.25, 0.3) is 0 Å². The van der Waals surface area contributed by atoms with E-state index in [1.165, 1.54) is 31.3 Å². The number of hydrogen-bond donors (Lipinski definition) is 1. The SMILES string of the molecule is C=C/C(C=O)=C\C(C)(C)C1CC=C[C@@H]([C@@H]2CC[C@@H]3CC(O)=CC(C)=C3C2)C1. The number of aldehydes is 1. The van der Waals surface area contributed by atoms with Crippen LogP contribution in [-0.2, 0) is 4.79 Å². The van der Waals surface area contributed by atoms with Gasteiger partial charge in [0, 0.05) is 12.0 Å². The summed E-state index contributed by atoms with van der Waals surface area (Å²) in [6.07, 6.45) is 18.2. The Morgan fingerprint density at radius 2 is 2.07 bits per heavy atom. The molecular weight excluding hydrogens is 332 g/mol. The lowest BCUT2D eigenvalue weighted by Gasteiger charge is -2.42. The fraction of sp³-hybridized carbons (Fsp3) is 0.560. The van der Waals surface area contributed by atoms with Crippen LogP contribution >= 0.6 is 0 Å². The first-order valence-corrected chi connectivity index (χ1v) is 10.4. The van der Waals surface area contributed by atoms with Gasteiger partial charge in [0.1, 0.15) is 6.29 Å². The molecule has 0 spiro atoms. The molecule has 0 saturated heterocycles. The lowest BCUT2D eigenvalue weighted by molar-refractivity contribution is -0.104. The molecule has 3 aliphatic carbocycles. The van der Waals surface area contributed by atoms with Crippen molar-refractivity contribution in [3.05, 3.63) is 59.4 Å². The maximum absolute atomic E-state index is 11.2. The minimum absolute atomic E-state index is 0.0147. The third kappa shape index (κ3) is 4.36. The molecular formula is C25H34O2. The van der Waals surface area contributed by atoms with Gasteiger partial charge in [-0.1, -0.05) is 50.3 Å². The normalized spacial score (nSPS) is 32.0. The third-order valence-electron chi connectivity index (χ3n) is 7.13. The standard InChI is InChI=1S/C25H34O2/c1-5-18(16-26)15-25(3,4)22-8-6-7-19(12-22)20-9-10-21-13-23(27)11-17(2)24(21)14-20/h5-7,11,15-16,19-22,27H,1,8-10,12-14H2,2-4H3/b18-15+/t19-,20-,21-,22?/m1/s1. The fourth-order valence-corrected chi connectivity index (χ4v) is 5.43. The lowest BCUT2D eigenvalue weighted by atomic mass is 9.63. The topological polar surface area (TPSA) is 37.3 Å². The van der Waals surface area contributed by atoms with Crippen molar-refractivity contribution in [2.45, 2.75) is 59.3 Å². The van der Waals surface area contributed by atoms with Gasteiger partial charge in [0.2, 0.25) is 0 Å². The van der Waals surface area contributed by atoms with Crippen LogP contribution in [0.15, 0.2) is 59.4 Å². The Bertz CT molecular complexity index is 707. The van der Waals surface area contributed by atoms with Crippen LogP contribution in [0.4, 0.5) is 0 Å². The first kappa shape index (κ1) is 19.9. The summed E-state index contributed by atoms with van der Waals surface area (Å²) in [5.74, 6) is 2.96. The molecule has 2 nitrogen and oxygen atoms in total. The predicted octanol–water partition coefficient (Wildman–Crippen LogP) is 6.48. The highest BCUT2D eigenvalue weighted by molar-refractivity contribution is 5.77. The van der Waals surface area contributed by atoms with Crippen LogP contribution < -0.4 is 0 Å². The number of aliphatic hydroxyl groups excluding tert-OH is 1. The van der Waals surface area contributed by atoms with Crippen LogP contribution in [0.2, 0.25) is 0 Å². The van der Waals surface area contributed by atoms with Crippen LogP contribution in [0.5, 0.6) is 0 Å². The van der Waals surface area contributed by atoms with E-state index in [1.54, 1.807) is 11.6 Å². The van der Waals surface area contributed by atoms with Crippen LogP contribution in [0.3, 0.4) is 0 Å². The molecule has 1 N–H and O–H groups in total. The van der Waals surface area contributed by atoms with Crippen molar-refractivity contribution >= 4 is 6.29 Å². The Kier molecular flexibility index (Phi) is 5.93. The predicted molar refractivity (Wildman–Crippen MR) is 112 cm³/mol. The second-order valence-corrected chi connectivity index (χ2v) is 9.33. The number of allylic oxidation sites excluding steroid dienone is 9. The van der Waals surface area contributed by atoms with Crippen molar-refractivity contribution < 1.29 is 9.90 Å². The maximum Gasteiger partial charge on any atom is 0.149 e. The molecule has 1 saturated carbocycles. The number of rotatable bonds is 5. The van der Waals surface area contributed by atoms with Crippen molar-refractivity contribution in [3.8, 4) is 0 Å². The van der Waals surface area contributed by atoms with Gasteiger partial charge >= 0.3 is 0 Å². The zero-order valence-corrected chi connectivity index (χ0v) is 17.1. The van der Waals surface area contributed by atoms with Crippen molar-refractivity contribution in [3.63, 3.8) is 0 Å². The molecule has 0 bridgehead atoms. The summed E-state index contributed by atoms with van der Waals surface area (Å²) in [5, 5.41) is 9.95. The van der Waals surface area contributed by atoms with Crippen LogP contribution in [0, 0.1) is 29.1 Å². The molecule has 3 rings (SSSR count). The summed E-state index contributed by atoms with van der Waals surface area (Å²) in [4.78, 5) is 11.2. The quantitative estimate of drug-likeness (QED) is 0.261. The Morgan fingerprint density at radius 1 is 1.30 bits per heavy atom. The molecule has 0 radical (unpaired) electrons. The first-order valence-electron chi connectivity index (χ1n) is 10.4. The van der Waals surface area contributed by atoms with Gasteiger partial charge in [-0.2, -0.15) is 0 Å². The van der Waals surface area contributed by atoms with Crippen molar-refractivity contribution in [2.24, 2.45) is 29.1 Å². The Hall–Kier alpha value is -1.83. The van der Waals surface area contributed by atoms with Gasteiger partial charge < -0.3 is 5.11 Å². The Morgan fingerprint density at radius 3 is 2.78 bits per heavy atom. The van der Waals surface area contributed by atoms with Crippen molar-refractivity contribution in [1.29, 1.82) is 0 Å². The average Bonchev–Trinajstić information content (AvgIpc) is 2.66. The van der Waals surface area contributed by atoms with Crippen LogP contribution in [0.25, 0.3) is 0 Å². The summed E-state index contributed by atoms with van der Waals surface area (Å²) < 4.78 is 0. The molecule has 2 heteroatoms. The number of carbonyl (C=O) groups excluding carboxylic acids is 1. The number of carbonyl (C=O) groups is 1. The van der Waals surface area contributed by atoms with Gasteiger partial charge in [-0.3, -0.25) is 4.79 Å². The molecule has 1 fully saturated rings. The smallest absolute Gasteiger partial charge is 0.149 e. The zero-order valence-electron chi connectivity index (χ0n) is 17.1. The van der Waals surface area contributed by atoms with E-state index in [0.29, 0.717) is 35.0 Å². The van der Waals surface area contributed by atoms with Gasteiger partial charge in [0.05, 0.1) is 5.76 Å². The molecule has 0 aromatic heterocycles. The summed E-state index contributed by atoms with van der Waals surface area (Å²) in [7, 11) is 0. The van der Waals surface area contributed by atoms with E-state index in [4.69, 9.17) is 0 Å². The summed E-state index contributed by atoms with van der Waals surface area (Å²) in [6, 6.07) is 0. The van der Waals surface area contributed by atoms with Crippen LogP contribution in [-0.4, -0.2) is 11.4 Å². The average molecular weight is 367 g/mol. The van der Waals surface area contributed by atoms with E-state index in [2.05, 4.69) is 45.6 Å². The fourth-order valence-electron chi connectivity index (χ4n) is 5.43. The molecule has 1 unspecified atom stereocenters. The third-order valence-corrected chi connectivity index (χ3v) is 7.13. The van der Waals surface area contributed by atoms with E-state index >= 15 is 0 Å². The summed E-state index contributed by atoms with van der Waals surface area (Å²) >= 11 is 0. The molecule has 0 aromatic carbocycles. The molecule has 27 heavy (non-hydrogen) atoms. The van der Waals surface area contributed by atoms with Gasteiger partial charge in [-0.25, -0.2) is 0 Å². The van der Waals surface area contributed by atoms with Crippen molar-refractivity contribution in [2.75, 3.05) is 0 Å². The van der Waals surface area contributed by atoms with E-state index < -0.39 is 0 Å². The minimum atomic E-state index is -0.0147. The molecule has 0 aliphatic heterocycles. The molecule has 0 amide bonds. The molecule has 146 valence electrons. The maximum atomic E-state index is 11.2. The largest absolute Gasteiger partial charge is 0.512 e. The van der Waals surface area contributed by atoms with E-state index in [0.717, 1.165) is 19.1 Å². The minimum Gasteiger partial charge on any atom is -0.512 e. The second-order valence-electron chi connectivity index (χ2n) is 9.33. The molecule has 3 aliphatic rings. The lowest BCUT2D eigenvalue weighted by Crippen LogP contribution is -2.31. The molecule has 0 heterocycles. The molecule has 0 aromatic rings. The Balaban J connectivity index is 1.74. The second kappa shape index (κ2) is 8.04. The highest BCUT2D eigenvalue weighted by Crippen LogP contribution is 2.48. The molecule has 4 atom stereocenters. The first-order chi connectivity index (χ1) is 12.8. The number of hydrogen-bond acceptors (Lipinski definition) is 2. The van der Waals surface area contributed by atoms with E-state index in [9.17, 15) is 9.90 Å². The van der Waals surface area contributed by atoms with Gasteiger partial charge in [0.15, 0.2) is 0 Å². The number of fused-ring (bicyclic) bond motifs is 1. The van der Waals surface area contributed by atoms with Gasteiger partial charge in [-0.15, -0.1) is 0 Å². The van der Waals surface area contributed by atoms with E-state index in [-0.39, 0.29) is 5.41 Å².